The van der Waals surface area contributed by atoms with Crippen molar-refractivity contribution in [2.45, 2.75) is 39.2 Å². The van der Waals surface area contributed by atoms with Crippen LogP contribution in [0.2, 0.25) is 0 Å². The number of nitrogens with one attached hydrogen (secondary N) is 1. The van der Waals surface area contributed by atoms with Crippen molar-refractivity contribution in [1.29, 1.82) is 0 Å². The summed E-state index contributed by atoms with van der Waals surface area (Å²) in [5.41, 5.74) is 1.13. The second-order valence-corrected chi connectivity index (χ2v) is 7.07. The smallest absolute Gasteiger partial charge is 0.194 e. The van der Waals surface area contributed by atoms with E-state index in [1.807, 2.05) is 12.1 Å². The molecule has 0 spiro atoms. The maximum Gasteiger partial charge on any atom is 0.194 e. The first kappa shape index (κ1) is 21.1. The monoisotopic (exact) mass is 473 g/mol. The minimum absolute atomic E-state index is 0. The second kappa shape index (κ2) is 10.2. The topological polar surface area (TPSA) is 46.1 Å². The summed E-state index contributed by atoms with van der Waals surface area (Å²) in [6.07, 6.45) is 5.56. The van der Waals surface area contributed by atoms with Gasteiger partial charge in [0.25, 0.3) is 0 Å². The van der Waals surface area contributed by atoms with Crippen molar-refractivity contribution in [2.24, 2.45) is 16.8 Å². The van der Waals surface area contributed by atoms with Crippen LogP contribution in [0.25, 0.3) is 0 Å². The van der Waals surface area contributed by atoms with Crippen LogP contribution in [0.1, 0.15) is 38.2 Å². The average molecular weight is 473 g/mol. The standard InChI is InChI=1S/C20H31N3O2.HI/c1-4-21-20(23-13-16-7-5-6-8-17(16)14-23)22-12-15-9-10-18(24-2)19(11-15)25-3;/h9-11,16-17H,4-8,12-14H2,1-3H3,(H,21,22);1H. The number of aliphatic imine (C=N–C) groups is 1. The minimum Gasteiger partial charge on any atom is -0.493 e. The molecule has 5 nitrogen and oxygen atoms in total. The summed E-state index contributed by atoms with van der Waals surface area (Å²) in [4.78, 5) is 7.35. The molecule has 0 amide bonds. The van der Waals surface area contributed by atoms with Gasteiger partial charge in [0.05, 0.1) is 20.8 Å². The Hall–Kier alpha value is -1.18. The number of benzene rings is 1. The molecule has 146 valence electrons. The molecule has 1 saturated carbocycles. The van der Waals surface area contributed by atoms with E-state index in [2.05, 4.69) is 23.2 Å². The molecule has 2 unspecified atom stereocenters. The van der Waals surface area contributed by atoms with Crippen LogP contribution in [-0.2, 0) is 6.54 Å². The predicted octanol–water partition coefficient (Wildman–Crippen LogP) is 3.91. The lowest BCUT2D eigenvalue weighted by atomic mass is 9.82. The molecular weight excluding hydrogens is 441 g/mol. The normalized spacial score (nSPS) is 22.4. The number of guanidine groups is 1. The minimum atomic E-state index is 0. The van der Waals surface area contributed by atoms with Crippen LogP contribution < -0.4 is 14.8 Å². The summed E-state index contributed by atoms with van der Waals surface area (Å²) < 4.78 is 10.7. The summed E-state index contributed by atoms with van der Waals surface area (Å²) in [5, 5.41) is 3.48. The molecule has 2 fully saturated rings. The fraction of sp³-hybridized carbons (Fsp3) is 0.650. The summed E-state index contributed by atoms with van der Waals surface area (Å²) in [6.45, 7) is 5.99. The highest BCUT2D eigenvalue weighted by Crippen LogP contribution is 2.36. The maximum absolute atomic E-state index is 5.40. The Balaban J connectivity index is 0.00000243. The lowest BCUT2D eigenvalue weighted by Crippen LogP contribution is -2.40. The van der Waals surface area contributed by atoms with Crippen LogP contribution in [0, 0.1) is 11.8 Å². The first-order chi connectivity index (χ1) is 12.2. The van der Waals surface area contributed by atoms with E-state index in [9.17, 15) is 0 Å². The van der Waals surface area contributed by atoms with Gasteiger partial charge in [0.2, 0.25) is 0 Å². The highest BCUT2D eigenvalue weighted by molar-refractivity contribution is 14.0. The van der Waals surface area contributed by atoms with Gasteiger partial charge in [-0.25, -0.2) is 4.99 Å². The Morgan fingerprint density at radius 1 is 1.12 bits per heavy atom. The Morgan fingerprint density at radius 3 is 2.35 bits per heavy atom. The van der Waals surface area contributed by atoms with Crippen LogP contribution in [0.4, 0.5) is 0 Å². The van der Waals surface area contributed by atoms with Gasteiger partial charge in [-0.05, 0) is 49.3 Å². The zero-order chi connectivity index (χ0) is 17.6. The number of rotatable bonds is 5. The van der Waals surface area contributed by atoms with Gasteiger partial charge in [0, 0.05) is 19.6 Å². The number of nitrogens with zero attached hydrogens (tertiary/aromatic N) is 2. The Kier molecular flexibility index (Phi) is 8.31. The molecule has 3 rings (SSSR count). The van der Waals surface area contributed by atoms with Gasteiger partial charge >= 0.3 is 0 Å². The van der Waals surface area contributed by atoms with Crippen LogP contribution in [0.3, 0.4) is 0 Å². The fourth-order valence-electron chi connectivity index (χ4n) is 4.15. The molecule has 0 aromatic heterocycles. The fourth-order valence-corrected chi connectivity index (χ4v) is 4.15. The van der Waals surface area contributed by atoms with Crippen molar-refractivity contribution in [3.63, 3.8) is 0 Å². The first-order valence-corrected chi connectivity index (χ1v) is 9.49. The highest BCUT2D eigenvalue weighted by Gasteiger charge is 2.35. The van der Waals surface area contributed by atoms with Gasteiger partial charge in [-0.1, -0.05) is 18.9 Å². The van der Waals surface area contributed by atoms with Crippen molar-refractivity contribution in [1.82, 2.24) is 10.2 Å². The molecule has 6 heteroatoms. The number of hydrogen-bond donors (Lipinski definition) is 1. The number of methoxy groups -OCH3 is 2. The van der Waals surface area contributed by atoms with E-state index in [-0.39, 0.29) is 24.0 Å². The number of ether oxygens (including phenoxy) is 2. The summed E-state index contributed by atoms with van der Waals surface area (Å²) in [7, 11) is 3.33. The van der Waals surface area contributed by atoms with Crippen molar-refractivity contribution in [3.8, 4) is 11.5 Å². The van der Waals surface area contributed by atoms with Crippen molar-refractivity contribution in [3.05, 3.63) is 23.8 Å². The molecule has 1 aromatic carbocycles. The number of hydrogen-bond acceptors (Lipinski definition) is 3. The maximum atomic E-state index is 5.40. The lowest BCUT2D eigenvalue weighted by Gasteiger charge is -2.22. The van der Waals surface area contributed by atoms with E-state index < -0.39 is 0 Å². The molecule has 1 aliphatic carbocycles. The molecule has 1 N–H and O–H groups in total. The van der Waals surface area contributed by atoms with E-state index in [4.69, 9.17) is 14.5 Å². The van der Waals surface area contributed by atoms with Crippen LogP contribution in [0.5, 0.6) is 11.5 Å². The van der Waals surface area contributed by atoms with Gasteiger partial charge in [-0.15, -0.1) is 24.0 Å². The highest BCUT2D eigenvalue weighted by atomic mass is 127. The van der Waals surface area contributed by atoms with Crippen molar-refractivity contribution in [2.75, 3.05) is 33.9 Å². The van der Waals surface area contributed by atoms with Crippen LogP contribution >= 0.6 is 24.0 Å². The summed E-state index contributed by atoms with van der Waals surface area (Å²) in [5.74, 6) is 4.28. The first-order valence-electron chi connectivity index (χ1n) is 9.49. The molecule has 1 heterocycles. The molecule has 1 aromatic rings. The average Bonchev–Trinajstić information content (AvgIpc) is 3.08. The van der Waals surface area contributed by atoms with Crippen molar-refractivity contribution < 1.29 is 9.47 Å². The lowest BCUT2D eigenvalue weighted by molar-refractivity contribution is 0.299. The van der Waals surface area contributed by atoms with Crippen LogP contribution in [-0.4, -0.2) is 44.7 Å². The number of fused-ring (bicyclic) bond motifs is 1. The number of likely N-dealkylation sites (tertiary alicyclic amines) is 1. The number of halogens is 1. The van der Waals surface area contributed by atoms with Gasteiger partial charge < -0.3 is 19.7 Å². The molecule has 0 radical (unpaired) electrons. The molecule has 0 bridgehead atoms. The summed E-state index contributed by atoms with van der Waals surface area (Å²) in [6, 6.07) is 6.01. The van der Waals surface area contributed by atoms with Gasteiger partial charge in [0.15, 0.2) is 17.5 Å². The zero-order valence-corrected chi connectivity index (χ0v) is 18.5. The SMILES string of the molecule is CCNC(=NCc1ccc(OC)c(OC)c1)N1CC2CCCCC2C1.I. The Bertz CT molecular complexity index is 595. The second-order valence-electron chi connectivity index (χ2n) is 7.07. The third-order valence-electron chi connectivity index (χ3n) is 5.47. The zero-order valence-electron chi connectivity index (χ0n) is 16.2. The Labute approximate surface area is 174 Å². The largest absolute Gasteiger partial charge is 0.493 e. The van der Waals surface area contributed by atoms with Crippen molar-refractivity contribution >= 4 is 29.9 Å². The molecule has 2 atom stereocenters. The Morgan fingerprint density at radius 2 is 1.77 bits per heavy atom. The third kappa shape index (κ3) is 4.96. The van der Waals surface area contributed by atoms with Crippen LogP contribution in [0.15, 0.2) is 23.2 Å². The quantitative estimate of drug-likeness (QED) is 0.400. The molecule has 26 heavy (non-hydrogen) atoms. The van der Waals surface area contributed by atoms with Gasteiger partial charge in [-0.2, -0.15) is 0 Å². The third-order valence-corrected chi connectivity index (χ3v) is 5.47. The van der Waals surface area contributed by atoms with E-state index in [0.717, 1.165) is 54.5 Å². The summed E-state index contributed by atoms with van der Waals surface area (Å²) >= 11 is 0. The van der Waals surface area contributed by atoms with E-state index in [1.165, 1.54) is 25.7 Å². The van der Waals surface area contributed by atoms with E-state index >= 15 is 0 Å². The molecule has 1 aliphatic heterocycles. The van der Waals surface area contributed by atoms with E-state index in [0.29, 0.717) is 6.54 Å². The molecule has 1 saturated heterocycles. The van der Waals surface area contributed by atoms with Gasteiger partial charge in [0.1, 0.15) is 0 Å². The van der Waals surface area contributed by atoms with Gasteiger partial charge in [-0.3, -0.25) is 0 Å². The van der Waals surface area contributed by atoms with E-state index in [1.54, 1.807) is 14.2 Å². The predicted molar refractivity (Wildman–Crippen MR) is 117 cm³/mol. The molecule has 2 aliphatic rings. The molecular formula is C20H32IN3O2.